The normalized spacial score (nSPS) is 17.9. The van der Waals surface area contributed by atoms with Gasteiger partial charge in [-0.25, -0.2) is 0 Å². The molecule has 0 N–H and O–H groups in total. The maximum Gasteiger partial charge on any atom is 0.183 e. The molecule has 0 saturated carbocycles. The Hall–Kier alpha value is -2.51. The Kier molecular flexibility index (Phi) is 5.03. The zero-order valence-electron chi connectivity index (χ0n) is 16.1. The van der Waals surface area contributed by atoms with Crippen LogP contribution in [0.4, 0.5) is 11.4 Å². The van der Waals surface area contributed by atoms with E-state index >= 15 is 0 Å². The van der Waals surface area contributed by atoms with Crippen molar-refractivity contribution in [2.45, 2.75) is 9.79 Å². The van der Waals surface area contributed by atoms with Gasteiger partial charge in [0, 0.05) is 36.0 Å². The second-order valence-corrected chi connectivity index (χ2v) is 8.48. The van der Waals surface area contributed by atoms with Crippen LogP contribution in [0.15, 0.2) is 68.4 Å². The van der Waals surface area contributed by atoms with Crippen LogP contribution in [0, 0.1) is 0 Å². The van der Waals surface area contributed by atoms with E-state index in [1.54, 1.807) is 49.9 Å². The Labute approximate surface area is 173 Å². The monoisotopic (exact) mass is 412 g/mol. The number of fused-ring (bicyclic) bond motifs is 2. The summed E-state index contributed by atoms with van der Waals surface area (Å²) in [4.78, 5) is 18.9. The molecule has 0 amide bonds. The van der Waals surface area contributed by atoms with Crippen molar-refractivity contribution in [1.82, 2.24) is 0 Å². The fourth-order valence-corrected chi connectivity index (χ4v) is 5.34. The number of anilines is 2. The highest BCUT2D eigenvalue weighted by atomic mass is 32.2. The Morgan fingerprint density at radius 2 is 1.25 bits per heavy atom. The molecular weight excluding hydrogens is 392 g/mol. The van der Waals surface area contributed by atoms with Gasteiger partial charge in [0.05, 0.1) is 35.7 Å². The van der Waals surface area contributed by atoms with Gasteiger partial charge in [0.25, 0.3) is 0 Å². The highest BCUT2D eigenvalue weighted by Gasteiger charge is 2.25. The molecule has 0 unspecified atom stereocenters. The van der Waals surface area contributed by atoms with E-state index < -0.39 is 0 Å². The number of hydrogen-bond donors (Lipinski definition) is 0. The van der Waals surface area contributed by atoms with Gasteiger partial charge < -0.3 is 19.3 Å². The summed E-state index contributed by atoms with van der Waals surface area (Å²) >= 11 is 3.15. The summed E-state index contributed by atoms with van der Waals surface area (Å²) in [5, 5.41) is 1.80. The topological polar surface area (TPSA) is 42.0 Å². The molecule has 2 heterocycles. The molecule has 0 fully saturated rings. The van der Waals surface area contributed by atoms with Crippen molar-refractivity contribution in [2.24, 2.45) is 0 Å². The second-order valence-electron chi connectivity index (χ2n) is 6.36. The molecule has 4 rings (SSSR count). The van der Waals surface area contributed by atoms with Crippen molar-refractivity contribution in [2.75, 3.05) is 38.1 Å². The molecule has 2 aromatic carbocycles. The molecule has 28 heavy (non-hydrogen) atoms. The molecule has 0 radical (unpaired) electrons. The number of allylic oxidation sites excluding steroid dienone is 2. The van der Waals surface area contributed by atoms with Crippen molar-refractivity contribution in [3.63, 3.8) is 0 Å². The van der Waals surface area contributed by atoms with Crippen molar-refractivity contribution in [3.05, 3.63) is 58.6 Å². The van der Waals surface area contributed by atoms with Crippen molar-refractivity contribution in [3.8, 4) is 11.5 Å². The van der Waals surface area contributed by atoms with E-state index in [4.69, 9.17) is 9.47 Å². The maximum absolute atomic E-state index is 12.7. The van der Waals surface area contributed by atoms with Crippen LogP contribution in [0.25, 0.3) is 0 Å². The van der Waals surface area contributed by atoms with Crippen LogP contribution in [0.5, 0.6) is 11.5 Å². The Morgan fingerprint density at radius 1 is 0.821 bits per heavy atom. The van der Waals surface area contributed by atoms with Crippen LogP contribution >= 0.6 is 23.5 Å². The number of thioether (sulfide) groups is 2. The summed E-state index contributed by atoms with van der Waals surface area (Å²) in [6.45, 7) is 0. The number of benzene rings is 2. The molecule has 0 spiro atoms. The van der Waals surface area contributed by atoms with Crippen molar-refractivity contribution < 1.29 is 14.3 Å². The van der Waals surface area contributed by atoms with E-state index in [-0.39, 0.29) is 5.78 Å². The summed E-state index contributed by atoms with van der Waals surface area (Å²) in [5.41, 5.74) is 2.15. The summed E-state index contributed by atoms with van der Waals surface area (Å²) < 4.78 is 10.6. The third kappa shape index (κ3) is 3.36. The van der Waals surface area contributed by atoms with Gasteiger partial charge in [-0.3, -0.25) is 4.79 Å². The van der Waals surface area contributed by atoms with E-state index in [9.17, 15) is 4.79 Å². The molecule has 0 saturated heterocycles. The SMILES string of the molecule is COc1ccc2c(c1)SC(=CC(=O)C=C1Sc3cc(OC)ccc3N1C)N2C. The zero-order chi connectivity index (χ0) is 19.8. The molecule has 0 aliphatic carbocycles. The van der Waals surface area contributed by atoms with Crippen LogP contribution < -0.4 is 19.3 Å². The van der Waals surface area contributed by atoms with Gasteiger partial charge in [0.2, 0.25) is 0 Å². The molecule has 7 heteroatoms. The van der Waals surface area contributed by atoms with Gasteiger partial charge in [-0.15, -0.1) is 0 Å². The first kappa shape index (κ1) is 18.8. The Balaban J connectivity index is 1.54. The van der Waals surface area contributed by atoms with Crippen molar-refractivity contribution >= 4 is 40.7 Å². The average Bonchev–Trinajstić information content (AvgIpc) is 3.17. The lowest BCUT2D eigenvalue weighted by molar-refractivity contribution is -0.110. The summed E-state index contributed by atoms with van der Waals surface area (Å²) in [7, 11) is 7.24. The predicted molar refractivity (Wildman–Crippen MR) is 116 cm³/mol. The van der Waals surface area contributed by atoms with Gasteiger partial charge >= 0.3 is 0 Å². The van der Waals surface area contributed by atoms with Crippen LogP contribution in [-0.4, -0.2) is 34.1 Å². The molecule has 2 aromatic rings. The number of ether oxygens (including phenoxy) is 2. The molecule has 0 aromatic heterocycles. The largest absolute Gasteiger partial charge is 0.497 e. The summed E-state index contributed by atoms with van der Waals surface area (Å²) in [6.07, 6.45) is 3.37. The van der Waals surface area contributed by atoms with Crippen LogP contribution in [0.3, 0.4) is 0 Å². The lowest BCUT2D eigenvalue weighted by atomic mass is 10.2. The molecule has 0 atom stereocenters. The van der Waals surface area contributed by atoms with Crippen LogP contribution in [0.1, 0.15) is 0 Å². The first-order valence-corrected chi connectivity index (χ1v) is 10.3. The average molecular weight is 413 g/mol. The summed E-state index contributed by atoms with van der Waals surface area (Å²) in [5.74, 6) is 1.58. The van der Waals surface area contributed by atoms with E-state index in [2.05, 4.69) is 0 Å². The first-order chi connectivity index (χ1) is 13.5. The molecule has 2 aliphatic rings. The van der Waals surface area contributed by atoms with Gasteiger partial charge in [0.1, 0.15) is 11.5 Å². The zero-order valence-corrected chi connectivity index (χ0v) is 17.7. The highest BCUT2D eigenvalue weighted by molar-refractivity contribution is 8.04. The second kappa shape index (κ2) is 7.48. The number of carbonyl (C=O) groups excluding carboxylic acids is 1. The minimum atomic E-state index is -0.0387. The number of methoxy groups -OCH3 is 2. The maximum atomic E-state index is 12.7. The molecule has 2 aliphatic heterocycles. The van der Waals surface area contributed by atoms with E-state index in [1.165, 1.54) is 0 Å². The summed E-state index contributed by atoms with van der Waals surface area (Å²) in [6, 6.07) is 11.9. The lowest BCUT2D eigenvalue weighted by Crippen LogP contribution is -2.12. The van der Waals surface area contributed by atoms with Crippen LogP contribution in [0.2, 0.25) is 0 Å². The number of hydrogen-bond acceptors (Lipinski definition) is 7. The number of rotatable bonds is 4. The number of carbonyl (C=O) groups is 1. The van der Waals surface area contributed by atoms with Gasteiger partial charge in [-0.05, 0) is 36.4 Å². The van der Waals surface area contributed by atoms with Crippen molar-refractivity contribution in [1.29, 1.82) is 0 Å². The molecule has 144 valence electrons. The third-order valence-electron chi connectivity index (χ3n) is 4.68. The van der Waals surface area contributed by atoms with Gasteiger partial charge in [-0.1, -0.05) is 23.5 Å². The fraction of sp³-hybridized carbons (Fsp3) is 0.190. The smallest absolute Gasteiger partial charge is 0.183 e. The predicted octanol–water partition coefficient (Wildman–Crippen LogP) is 4.74. The Bertz CT molecular complexity index is 937. The van der Waals surface area contributed by atoms with E-state index in [1.807, 2.05) is 60.3 Å². The van der Waals surface area contributed by atoms with Gasteiger partial charge in [-0.2, -0.15) is 0 Å². The third-order valence-corrected chi connectivity index (χ3v) is 6.97. The molecular formula is C21H20N2O3S2. The van der Waals surface area contributed by atoms with E-state index in [0.29, 0.717) is 0 Å². The van der Waals surface area contributed by atoms with Crippen LogP contribution in [-0.2, 0) is 4.79 Å². The van der Waals surface area contributed by atoms with E-state index in [0.717, 1.165) is 42.7 Å². The minimum Gasteiger partial charge on any atom is -0.497 e. The minimum absolute atomic E-state index is 0.0387. The molecule has 5 nitrogen and oxygen atoms in total. The van der Waals surface area contributed by atoms with Gasteiger partial charge in [0.15, 0.2) is 5.78 Å². The first-order valence-electron chi connectivity index (χ1n) is 8.66. The fourth-order valence-electron chi connectivity index (χ4n) is 3.10. The lowest BCUT2D eigenvalue weighted by Gasteiger charge is -2.14. The number of ketones is 1. The standard InChI is InChI=1S/C21H20N2O3S2/c1-22-16-7-5-14(25-3)11-18(16)27-20(22)9-13(24)10-21-23(2)17-8-6-15(26-4)12-19(17)28-21/h5-12H,1-4H3. The number of nitrogens with zero attached hydrogens (tertiary/aromatic N) is 2. The molecule has 0 bridgehead atoms. The highest BCUT2D eigenvalue weighted by Crippen LogP contribution is 2.48. The Morgan fingerprint density at radius 3 is 1.64 bits per heavy atom. The quantitative estimate of drug-likeness (QED) is 0.672.